The molecule has 0 saturated carbocycles. The zero-order valence-electron chi connectivity index (χ0n) is 20.0. The standard InChI is InChI=1S/C26H24F6N2O2S/c1-24(2,37-18-5-3-4-16(12-18)25(27,28)29)15-8-10-34(11-9-15)23(36)21-14-22(35)19-13-17(26(30,31)32)6-7-20(19)33-21/h3-7,12-15H,8-11H2,1-2H3,(H,33,35). The monoisotopic (exact) mass is 542 g/mol. The first kappa shape index (κ1) is 27.1. The molecule has 198 valence electrons. The van der Waals surface area contributed by atoms with E-state index in [4.69, 9.17) is 0 Å². The number of piperidine rings is 1. The van der Waals surface area contributed by atoms with Crippen LogP contribution < -0.4 is 5.43 Å². The van der Waals surface area contributed by atoms with Gasteiger partial charge in [-0.3, -0.25) is 9.59 Å². The summed E-state index contributed by atoms with van der Waals surface area (Å²) in [4.78, 5) is 30.4. The maximum atomic E-state index is 13.1. The maximum absolute atomic E-state index is 13.1. The van der Waals surface area contributed by atoms with Gasteiger partial charge in [-0.25, -0.2) is 0 Å². The van der Waals surface area contributed by atoms with E-state index in [0.29, 0.717) is 30.8 Å². The van der Waals surface area contributed by atoms with Crippen molar-refractivity contribution in [1.29, 1.82) is 0 Å². The molecule has 1 saturated heterocycles. The molecule has 1 fully saturated rings. The van der Waals surface area contributed by atoms with Gasteiger partial charge in [-0.1, -0.05) is 19.9 Å². The summed E-state index contributed by atoms with van der Waals surface area (Å²) in [5.41, 5.74) is -2.20. The number of amides is 1. The number of carbonyl (C=O) groups is 1. The summed E-state index contributed by atoms with van der Waals surface area (Å²) in [6, 6.07) is 8.97. The lowest BCUT2D eigenvalue weighted by Gasteiger charge is -2.40. The second kappa shape index (κ2) is 9.74. The Morgan fingerprint density at radius 3 is 2.16 bits per heavy atom. The summed E-state index contributed by atoms with van der Waals surface area (Å²) in [6.07, 6.45) is -7.79. The Hall–Kier alpha value is -2.95. The van der Waals surface area contributed by atoms with Crippen molar-refractivity contribution >= 4 is 28.6 Å². The fourth-order valence-electron chi connectivity index (χ4n) is 4.61. The topological polar surface area (TPSA) is 53.2 Å². The predicted molar refractivity (Wildman–Crippen MR) is 130 cm³/mol. The third-order valence-corrected chi connectivity index (χ3v) is 8.04. The lowest BCUT2D eigenvalue weighted by atomic mass is 9.85. The molecule has 1 amide bonds. The minimum Gasteiger partial charge on any atom is -0.350 e. The predicted octanol–water partition coefficient (Wildman–Crippen LogP) is 6.99. The largest absolute Gasteiger partial charge is 0.416 e. The van der Waals surface area contributed by atoms with Gasteiger partial charge in [0.25, 0.3) is 5.91 Å². The zero-order chi connectivity index (χ0) is 27.2. The molecule has 37 heavy (non-hydrogen) atoms. The number of thioether (sulfide) groups is 1. The van der Waals surface area contributed by atoms with Gasteiger partial charge in [0.05, 0.1) is 11.1 Å². The first-order valence-electron chi connectivity index (χ1n) is 11.5. The molecule has 11 heteroatoms. The van der Waals surface area contributed by atoms with E-state index >= 15 is 0 Å². The molecule has 3 aromatic rings. The second-order valence-electron chi connectivity index (χ2n) is 9.60. The normalized spacial score (nSPS) is 15.8. The van der Waals surface area contributed by atoms with Gasteiger partial charge < -0.3 is 9.88 Å². The number of aromatic amines is 1. The number of hydrogen-bond acceptors (Lipinski definition) is 3. The number of aromatic nitrogens is 1. The highest BCUT2D eigenvalue weighted by Gasteiger charge is 2.36. The molecule has 1 aromatic heterocycles. The highest BCUT2D eigenvalue weighted by Crippen LogP contribution is 2.44. The smallest absolute Gasteiger partial charge is 0.350 e. The van der Waals surface area contributed by atoms with Crippen LogP contribution in [0.25, 0.3) is 10.9 Å². The van der Waals surface area contributed by atoms with Crippen LogP contribution in [0.2, 0.25) is 0 Å². The molecule has 4 rings (SSSR count). The Labute approximate surface area is 213 Å². The highest BCUT2D eigenvalue weighted by atomic mass is 32.2. The van der Waals surface area contributed by atoms with E-state index in [-0.39, 0.29) is 22.5 Å². The van der Waals surface area contributed by atoms with Crippen molar-refractivity contribution in [2.24, 2.45) is 5.92 Å². The Morgan fingerprint density at radius 1 is 0.919 bits per heavy atom. The number of nitrogens with one attached hydrogen (secondary N) is 1. The van der Waals surface area contributed by atoms with Crippen LogP contribution in [-0.4, -0.2) is 33.6 Å². The van der Waals surface area contributed by atoms with Crippen molar-refractivity contribution in [2.75, 3.05) is 13.1 Å². The number of hydrogen-bond donors (Lipinski definition) is 1. The molecular formula is C26H24F6N2O2S. The van der Waals surface area contributed by atoms with E-state index in [2.05, 4.69) is 4.98 Å². The van der Waals surface area contributed by atoms with Crippen molar-refractivity contribution < 1.29 is 31.1 Å². The van der Waals surface area contributed by atoms with Gasteiger partial charge in [-0.15, -0.1) is 11.8 Å². The summed E-state index contributed by atoms with van der Waals surface area (Å²) in [5.74, 6) is -0.312. The van der Waals surface area contributed by atoms with Crippen LogP contribution in [0.5, 0.6) is 0 Å². The Kier molecular flexibility index (Phi) is 7.13. The molecule has 0 radical (unpaired) electrons. The lowest BCUT2D eigenvalue weighted by Crippen LogP contribution is -2.43. The molecule has 4 nitrogen and oxygen atoms in total. The van der Waals surface area contributed by atoms with E-state index in [1.54, 1.807) is 11.0 Å². The Morgan fingerprint density at radius 2 is 1.54 bits per heavy atom. The second-order valence-corrected chi connectivity index (χ2v) is 11.3. The number of halogens is 6. The lowest BCUT2D eigenvalue weighted by molar-refractivity contribution is -0.138. The number of nitrogens with zero attached hydrogens (tertiary/aromatic N) is 1. The van der Waals surface area contributed by atoms with E-state index in [9.17, 15) is 35.9 Å². The summed E-state index contributed by atoms with van der Waals surface area (Å²) in [6.45, 7) is 4.69. The van der Waals surface area contributed by atoms with E-state index in [1.807, 2.05) is 13.8 Å². The van der Waals surface area contributed by atoms with Crippen molar-refractivity contribution in [3.63, 3.8) is 0 Å². The number of benzene rings is 2. The van der Waals surface area contributed by atoms with E-state index < -0.39 is 39.6 Å². The molecule has 0 atom stereocenters. The fraction of sp³-hybridized carbons (Fsp3) is 0.385. The molecule has 1 aliphatic heterocycles. The number of alkyl halides is 6. The van der Waals surface area contributed by atoms with Crippen molar-refractivity contribution in [3.05, 3.63) is 75.6 Å². The molecule has 0 bridgehead atoms. The maximum Gasteiger partial charge on any atom is 0.416 e. The van der Waals surface area contributed by atoms with Gasteiger partial charge in [0, 0.05) is 39.7 Å². The minimum atomic E-state index is -4.59. The summed E-state index contributed by atoms with van der Waals surface area (Å²) in [5, 5.41) is -0.154. The Bertz CT molecular complexity index is 1370. The molecule has 0 aliphatic carbocycles. The first-order chi connectivity index (χ1) is 17.1. The quantitative estimate of drug-likeness (QED) is 0.286. The number of pyridine rings is 1. The van der Waals surface area contributed by atoms with Crippen molar-refractivity contribution in [2.45, 2.75) is 48.7 Å². The van der Waals surface area contributed by atoms with Crippen LogP contribution in [0.15, 0.2) is 58.2 Å². The third-order valence-electron chi connectivity index (χ3n) is 6.70. The van der Waals surface area contributed by atoms with Gasteiger partial charge in [-0.2, -0.15) is 26.3 Å². The molecule has 2 aromatic carbocycles. The average molecular weight is 543 g/mol. The van der Waals surface area contributed by atoms with Gasteiger partial charge in [-0.05, 0) is 55.2 Å². The van der Waals surface area contributed by atoms with Crippen LogP contribution in [-0.2, 0) is 12.4 Å². The average Bonchev–Trinajstić information content (AvgIpc) is 2.82. The zero-order valence-corrected chi connectivity index (χ0v) is 20.8. The molecule has 1 aliphatic rings. The van der Waals surface area contributed by atoms with Gasteiger partial charge in [0.1, 0.15) is 5.69 Å². The van der Waals surface area contributed by atoms with E-state index in [0.717, 1.165) is 36.4 Å². The number of rotatable bonds is 4. The van der Waals surface area contributed by atoms with Crippen molar-refractivity contribution in [1.82, 2.24) is 9.88 Å². The molecule has 2 heterocycles. The SMILES string of the molecule is CC(C)(Sc1cccc(C(F)(F)F)c1)C1CCN(C(=O)c2cc(=O)c3cc(C(F)(F)F)ccc3[nH]2)CC1. The fourth-order valence-corrected chi connectivity index (χ4v) is 5.95. The highest BCUT2D eigenvalue weighted by molar-refractivity contribution is 8.00. The van der Waals surface area contributed by atoms with Crippen LogP contribution in [0.1, 0.15) is 48.3 Å². The summed E-state index contributed by atoms with van der Waals surface area (Å²) >= 11 is 1.36. The van der Waals surface area contributed by atoms with Crippen LogP contribution in [0.3, 0.4) is 0 Å². The van der Waals surface area contributed by atoms with Gasteiger partial charge in [0.15, 0.2) is 5.43 Å². The molecule has 1 N–H and O–H groups in total. The minimum absolute atomic E-state index is 0.00619. The van der Waals surface area contributed by atoms with Crippen LogP contribution in [0, 0.1) is 5.92 Å². The summed E-state index contributed by atoms with van der Waals surface area (Å²) < 4.78 is 77.8. The van der Waals surface area contributed by atoms with Crippen LogP contribution >= 0.6 is 11.8 Å². The van der Waals surface area contributed by atoms with Crippen LogP contribution in [0.4, 0.5) is 26.3 Å². The van der Waals surface area contributed by atoms with Crippen molar-refractivity contribution in [3.8, 4) is 0 Å². The number of H-pyrrole nitrogens is 1. The Balaban J connectivity index is 1.45. The van der Waals surface area contributed by atoms with Gasteiger partial charge >= 0.3 is 12.4 Å². The number of likely N-dealkylation sites (tertiary alicyclic amines) is 1. The molecular weight excluding hydrogens is 518 g/mol. The number of fused-ring (bicyclic) bond motifs is 1. The molecule has 0 spiro atoms. The third kappa shape index (κ3) is 5.97. The van der Waals surface area contributed by atoms with E-state index in [1.165, 1.54) is 17.8 Å². The molecule has 0 unspecified atom stereocenters. The summed E-state index contributed by atoms with van der Waals surface area (Å²) in [7, 11) is 0. The van der Waals surface area contributed by atoms with Gasteiger partial charge in [0.2, 0.25) is 0 Å². The number of carbonyl (C=O) groups excluding carboxylic acids is 1. The first-order valence-corrected chi connectivity index (χ1v) is 12.4.